The van der Waals surface area contributed by atoms with Crippen molar-refractivity contribution < 1.29 is 14.6 Å². The van der Waals surface area contributed by atoms with E-state index in [4.69, 9.17) is 9.84 Å². The van der Waals surface area contributed by atoms with Gasteiger partial charge in [0.05, 0.1) is 11.0 Å². The van der Waals surface area contributed by atoms with Crippen LogP contribution in [0.2, 0.25) is 0 Å². The molecule has 0 amide bonds. The number of hydrogen-bond donors (Lipinski definition) is 1. The summed E-state index contributed by atoms with van der Waals surface area (Å²) in [5, 5.41) is 9.09. The number of rotatable bonds is 4. The third kappa shape index (κ3) is 2.02. The molecule has 0 bridgehead atoms. The average Bonchev–Trinajstić information content (AvgIpc) is 1.96. The molecule has 1 saturated carbocycles. The Labute approximate surface area is 79.1 Å². The van der Waals surface area contributed by atoms with Crippen molar-refractivity contribution in [1.82, 2.24) is 0 Å². The minimum atomic E-state index is -0.663. The van der Waals surface area contributed by atoms with E-state index in [1.165, 1.54) is 0 Å². The first-order chi connectivity index (χ1) is 5.92. The molecule has 0 unspecified atom stereocenters. The van der Waals surface area contributed by atoms with Crippen LogP contribution in [0.25, 0.3) is 0 Å². The normalized spacial score (nSPS) is 20.8. The monoisotopic (exact) mass is 186 g/mol. The highest BCUT2D eigenvalue weighted by molar-refractivity contribution is 5.75. The van der Waals surface area contributed by atoms with E-state index in [1.807, 2.05) is 13.8 Å². The number of aliphatic carboxylic acids is 1. The van der Waals surface area contributed by atoms with Gasteiger partial charge in [-0.2, -0.15) is 0 Å². The zero-order valence-corrected chi connectivity index (χ0v) is 8.59. The van der Waals surface area contributed by atoms with Crippen molar-refractivity contribution in [2.75, 3.05) is 7.11 Å². The van der Waals surface area contributed by atoms with Crippen LogP contribution in [0.1, 0.15) is 39.5 Å². The smallest absolute Gasteiger partial charge is 0.309 e. The first-order valence-corrected chi connectivity index (χ1v) is 4.70. The fraction of sp³-hybridized carbons (Fsp3) is 0.900. The van der Waals surface area contributed by atoms with E-state index in [2.05, 4.69) is 0 Å². The second-order valence-corrected chi connectivity index (χ2v) is 4.58. The van der Waals surface area contributed by atoms with Gasteiger partial charge in [0, 0.05) is 7.11 Å². The average molecular weight is 186 g/mol. The highest BCUT2D eigenvalue weighted by Crippen LogP contribution is 2.47. The summed E-state index contributed by atoms with van der Waals surface area (Å²) in [4.78, 5) is 11.0. The molecule has 0 aromatic heterocycles. The van der Waals surface area contributed by atoms with Gasteiger partial charge in [-0.1, -0.05) is 6.42 Å². The molecule has 0 radical (unpaired) electrons. The molecule has 1 rings (SSSR count). The van der Waals surface area contributed by atoms with Crippen LogP contribution in [0.4, 0.5) is 0 Å². The van der Waals surface area contributed by atoms with Crippen molar-refractivity contribution in [1.29, 1.82) is 0 Å². The molecule has 76 valence electrons. The fourth-order valence-corrected chi connectivity index (χ4v) is 1.96. The summed E-state index contributed by atoms with van der Waals surface area (Å²) in [7, 11) is 1.63. The van der Waals surface area contributed by atoms with Crippen LogP contribution in [0, 0.1) is 5.41 Å². The Bertz CT molecular complexity index is 204. The van der Waals surface area contributed by atoms with Crippen LogP contribution >= 0.6 is 0 Å². The molecule has 1 N–H and O–H groups in total. The Balaban J connectivity index is 2.64. The molecule has 0 saturated heterocycles. The number of carboxylic acids is 1. The second-order valence-electron chi connectivity index (χ2n) is 4.58. The van der Waals surface area contributed by atoms with E-state index in [-0.39, 0.29) is 5.60 Å². The minimum absolute atomic E-state index is 0.321. The van der Waals surface area contributed by atoms with Gasteiger partial charge in [-0.3, -0.25) is 4.79 Å². The zero-order valence-electron chi connectivity index (χ0n) is 8.59. The van der Waals surface area contributed by atoms with E-state index < -0.39 is 11.4 Å². The molecule has 0 atom stereocenters. The number of methoxy groups -OCH3 is 1. The molecule has 1 fully saturated rings. The van der Waals surface area contributed by atoms with Gasteiger partial charge in [0.25, 0.3) is 0 Å². The van der Waals surface area contributed by atoms with Crippen molar-refractivity contribution in [2.24, 2.45) is 5.41 Å². The van der Waals surface area contributed by atoms with Crippen LogP contribution in [-0.2, 0) is 9.53 Å². The Kier molecular flexibility index (Phi) is 2.66. The number of hydrogen-bond acceptors (Lipinski definition) is 2. The lowest BCUT2D eigenvalue weighted by Gasteiger charge is -2.42. The molecule has 0 spiro atoms. The van der Waals surface area contributed by atoms with E-state index >= 15 is 0 Å². The standard InChI is InChI=1S/C10H18O3/c1-9(2,13-3)7-10(8(11)12)5-4-6-10/h4-7H2,1-3H3,(H,11,12). The first kappa shape index (κ1) is 10.5. The lowest BCUT2D eigenvalue weighted by molar-refractivity contribution is -0.160. The summed E-state index contributed by atoms with van der Waals surface area (Å²) in [6, 6.07) is 0. The predicted molar refractivity (Wildman–Crippen MR) is 49.6 cm³/mol. The highest BCUT2D eigenvalue weighted by Gasteiger charge is 2.47. The molecule has 3 heteroatoms. The van der Waals surface area contributed by atoms with Gasteiger partial charge in [-0.05, 0) is 33.1 Å². The van der Waals surface area contributed by atoms with Gasteiger partial charge in [0.2, 0.25) is 0 Å². The van der Waals surface area contributed by atoms with Crippen LogP contribution in [0.15, 0.2) is 0 Å². The van der Waals surface area contributed by atoms with Crippen LogP contribution in [0.3, 0.4) is 0 Å². The van der Waals surface area contributed by atoms with Gasteiger partial charge < -0.3 is 9.84 Å². The van der Waals surface area contributed by atoms with Crippen molar-refractivity contribution in [3.8, 4) is 0 Å². The van der Waals surface area contributed by atoms with E-state index in [9.17, 15) is 4.79 Å². The molecule has 0 heterocycles. The first-order valence-electron chi connectivity index (χ1n) is 4.70. The maximum atomic E-state index is 11.0. The van der Waals surface area contributed by atoms with E-state index in [1.54, 1.807) is 7.11 Å². The van der Waals surface area contributed by atoms with Crippen molar-refractivity contribution in [3.63, 3.8) is 0 Å². The van der Waals surface area contributed by atoms with E-state index in [0.29, 0.717) is 6.42 Å². The third-order valence-corrected chi connectivity index (χ3v) is 3.08. The lowest BCUT2D eigenvalue weighted by Crippen LogP contribution is -2.44. The van der Waals surface area contributed by atoms with Crippen LogP contribution < -0.4 is 0 Å². The number of carbonyl (C=O) groups is 1. The number of carboxylic acid groups (broad SMARTS) is 1. The Morgan fingerprint density at radius 1 is 1.54 bits per heavy atom. The van der Waals surface area contributed by atoms with Gasteiger partial charge >= 0.3 is 5.97 Å². The Hall–Kier alpha value is -0.570. The second kappa shape index (κ2) is 3.29. The molecule has 1 aliphatic carbocycles. The van der Waals surface area contributed by atoms with Crippen LogP contribution in [-0.4, -0.2) is 23.8 Å². The fourth-order valence-electron chi connectivity index (χ4n) is 1.96. The topological polar surface area (TPSA) is 46.5 Å². The number of ether oxygens (including phenoxy) is 1. The van der Waals surface area contributed by atoms with Crippen LogP contribution in [0.5, 0.6) is 0 Å². The summed E-state index contributed by atoms with van der Waals surface area (Å²) >= 11 is 0. The summed E-state index contributed by atoms with van der Waals surface area (Å²) in [6.07, 6.45) is 3.25. The lowest BCUT2D eigenvalue weighted by atomic mass is 9.64. The Morgan fingerprint density at radius 2 is 2.08 bits per heavy atom. The summed E-state index contributed by atoms with van der Waals surface area (Å²) < 4.78 is 5.26. The van der Waals surface area contributed by atoms with Gasteiger partial charge in [-0.15, -0.1) is 0 Å². The summed E-state index contributed by atoms with van der Waals surface area (Å²) in [5.74, 6) is -0.663. The predicted octanol–water partition coefficient (Wildman–Crippen LogP) is 2.06. The quantitative estimate of drug-likeness (QED) is 0.731. The maximum absolute atomic E-state index is 11.0. The molecule has 0 aromatic rings. The third-order valence-electron chi connectivity index (χ3n) is 3.08. The summed E-state index contributed by atoms with van der Waals surface area (Å²) in [6.45, 7) is 3.88. The molecule has 0 aromatic carbocycles. The maximum Gasteiger partial charge on any atom is 0.309 e. The molecule has 0 aliphatic heterocycles. The summed E-state index contributed by atoms with van der Waals surface area (Å²) in [5.41, 5.74) is -0.821. The SMILES string of the molecule is COC(C)(C)CC1(C(=O)O)CCC1. The molecular formula is C10H18O3. The van der Waals surface area contributed by atoms with Gasteiger partial charge in [0.1, 0.15) is 0 Å². The van der Waals surface area contributed by atoms with Crippen molar-refractivity contribution in [2.45, 2.75) is 45.1 Å². The van der Waals surface area contributed by atoms with Crippen molar-refractivity contribution >= 4 is 5.97 Å². The van der Waals surface area contributed by atoms with Crippen molar-refractivity contribution in [3.05, 3.63) is 0 Å². The van der Waals surface area contributed by atoms with Gasteiger partial charge in [-0.25, -0.2) is 0 Å². The van der Waals surface area contributed by atoms with Gasteiger partial charge in [0.15, 0.2) is 0 Å². The van der Waals surface area contributed by atoms with E-state index in [0.717, 1.165) is 19.3 Å². The highest BCUT2D eigenvalue weighted by atomic mass is 16.5. The molecule has 13 heavy (non-hydrogen) atoms. The molecular weight excluding hydrogens is 168 g/mol. The zero-order chi connectivity index (χ0) is 10.1. The largest absolute Gasteiger partial charge is 0.481 e. The molecule has 3 nitrogen and oxygen atoms in total. The molecule has 1 aliphatic rings. The Morgan fingerprint density at radius 3 is 2.31 bits per heavy atom. The minimum Gasteiger partial charge on any atom is -0.481 e.